The molecular weight excluding hydrogens is 400 g/mol. The maximum absolute atomic E-state index is 12.9. The van der Waals surface area contributed by atoms with E-state index in [4.69, 9.17) is 11.6 Å². The third-order valence-electron chi connectivity index (χ3n) is 4.30. The van der Waals surface area contributed by atoms with Crippen LogP contribution in [0.4, 0.5) is 5.69 Å². The molecule has 142 valence electrons. The van der Waals surface area contributed by atoms with Gasteiger partial charge in [0.15, 0.2) is 0 Å². The molecule has 5 heteroatoms. The average Bonchev–Trinajstić information content (AvgIpc) is 2.77. The second-order valence-electron chi connectivity index (χ2n) is 6.28. The molecule has 0 aliphatic rings. The van der Waals surface area contributed by atoms with Gasteiger partial charge in [0.1, 0.15) is 5.03 Å². The number of aromatic nitrogens is 1. The van der Waals surface area contributed by atoms with E-state index in [1.807, 2.05) is 84.9 Å². The quantitative estimate of drug-likeness (QED) is 0.388. The van der Waals surface area contributed by atoms with E-state index in [1.54, 1.807) is 12.3 Å². The van der Waals surface area contributed by atoms with Crippen molar-refractivity contribution >= 4 is 35.0 Å². The van der Waals surface area contributed by atoms with E-state index in [2.05, 4.69) is 10.3 Å². The van der Waals surface area contributed by atoms with Crippen molar-refractivity contribution in [3.63, 3.8) is 0 Å². The molecule has 3 aromatic carbocycles. The predicted octanol–water partition coefficient (Wildman–Crippen LogP) is 6.81. The Morgan fingerprint density at radius 3 is 2.38 bits per heavy atom. The SMILES string of the molecule is O=C(Nc1ccc(Sc2ccccn2)c(Cl)c1)c1ccccc1-c1ccccc1. The third-order valence-corrected chi connectivity index (χ3v) is 5.75. The highest BCUT2D eigenvalue weighted by atomic mass is 35.5. The average molecular weight is 417 g/mol. The lowest BCUT2D eigenvalue weighted by Gasteiger charge is -2.12. The van der Waals surface area contributed by atoms with E-state index in [0.29, 0.717) is 16.3 Å². The summed E-state index contributed by atoms with van der Waals surface area (Å²) in [6.45, 7) is 0. The largest absolute Gasteiger partial charge is 0.322 e. The number of anilines is 1. The normalized spacial score (nSPS) is 10.5. The van der Waals surface area contributed by atoms with Gasteiger partial charge in [-0.1, -0.05) is 78.0 Å². The summed E-state index contributed by atoms with van der Waals surface area (Å²) in [5.74, 6) is -0.175. The van der Waals surface area contributed by atoms with Crippen LogP contribution in [0.1, 0.15) is 10.4 Å². The van der Waals surface area contributed by atoms with Gasteiger partial charge in [-0.2, -0.15) is 0 Å². The molecule has 0 aliphatic carbocycles. The molecule has 0 radical (unpaired) electrons. The van der Waals surface area contributed by atoms with E-state index in [1.165, 1.54) is 11.8 Å². The van der Waals surface area contributed by atoms with Gasteiger partial charge in [0, 0.05) is 22.3 Å². The smallest absolute Gasteiger partial charge is 0.256 e. The number of carbonyl (C=O) groups is 1. The topological polar surface area (TPSA) is 42.0 Å². The second-order valence-corrected chi connectivity index (χ2v) is 7.75. The van der Waals surface area contributed by atoms with E-state index in [0.717, 1.165) is 21.0 Å². The van der Waals surface area contributed by atoms with Crippen molar-refractivity contribution in [2.75, 3.05) is 5.32 Å². The molecule has 0 aliphatic heterocycles. The van der Waals surface area contributed by atoms with Crippen LogP contribution in [0.3, 0.4) is 0 Å². The summed E-state index contributed by atoms with van der Waals surface area (Å²) in [4.78, 5) is 18.1. The molecule has 1 heterocycles. The molecule has 0 saturated heterocycles. The minimum Gasteiger partial charge on any atom is -0.322 e. The summed E-state index contributed by atoms with van der Waals surface area (Å²) in [7, 11) is 0. The van der Waals surface area contributed by atoms with Crippen LogP contribution in [0.25, 0.3) is 11.1 Å². The first kappa shape index (κ1) is 19.2. The van der Waals surface area contributed by atoms with Gasteiger partial charge in [0.25, 0.3) is 5.91 Å². The first-order chi connectivity index (χ1) is 14.2. The van der Waals surface area contributed by atoms with Gasteiger partial charge in [0.05, 0.1) is 5.02 Å². The number of halogens is 1. The van der Waals surface area contributed by atoms with Gasteiger partial charge in [-0.15, -0.1) is 0 Å². The van der Waals surface area contributed by atoms with Crippen LogP contribution < -0.4 is 5.32 Å². The van der Waals surface area contributed by atoms with Crippen molar-refractivity contribution in [1.82, 2.24) is 4.98 Å². The van der Waals surface area contributed by atoms with Gasteiger partial charge in [-0.25, -0.2) is 4.98 Å². The number of hydrogen-bond donors (Lipinski definition) is 1. The lowest BCUT2D eigenvalue weighted by atomic mass is 9.99. The standard InChI is InChI=1S/C24H17ClN2OS/c25-21-16-18(13-14-22(21)29-23-12-6-7-15-26-23)27-24(28)20-11-5-4-10-19(20)17-8-2-1-3-9-17/h1-16H,(H,27,28). The zero-order valence-corrected chi connectivity index (χ0v) is 17.0. The van der Waals surface area contributed by atoms with Gasteiger partial charge >= 0.3 is 0 Å². The molecule has 0 unspecified atom stereocenters. The highest BCUT2D eigenvalue weighted by Gasteiger charge is 2.13. The Kier molecular flexibility index (Phi) is 5.94. The van der Waals surface area contributed by atoms with Crippen LogP contribution in [0.2, 0.25) is 5.02 Å². The summed E-state index contributed by atoms with van der Waals surface area (Å²) in [5.41, 5.74) is 3.15. The van der Waals surface area contributed by atoms with Gasteiger partial charge in [0.2, 0.25) is 0 Å². The molecule has 0 saturated carbocycles. The Labute approximate surface area is 178 Å². The van der Waals surface area contributed by atoms with Crippen molar-refractivity contribution in [3.8, 4) is 11.1 Å². The second kappa shape index (κ2) is 8.95. The monoisotopic (exact) mass is 416 g/mol. The maximum atomic E-state index is 12.9. The zero-order chi connectivity index (χ0) is 20.1. The Bertz CT molecular complexity index is 1130. The first-order valence-electron chi connectivity index (χ1n) is 9.05. The molecular formula is C24H17ClN2OS. The lowest BCUT2D eigenvalue weighted by molar-refractivity contribution is 0.102. The minimum atomic E-state index is -0.175. The number of nitrogens with one attached hydrogen (secondary N) is 1. The van der Waals surface area contributed by atoms with Crippen molar-refractivity contribution in [1.29, 1.82) is 0 Å². The fraction of sp³-hybridized carbons (Fsp3) is 0. The Morgan fingerprint density at radius 2 is 1.62 bits per heavy atom. The number of carbonyl (C=O) groups excluding carboxylic acids is 1. The van der Waals surface area contributed by atoms with Crippen LogP contribution in [0.15, 0.2) is 107 Å². The fourth-order valence-corrected chi connectivity index (χ4v) is 4.00. The number of nitrogens with zero attached hydrogens (tertiary/aromatic N) is 1. The number of benzene rings is 3. The summed E-state index contributed by atoms with van der Waals surface area (Å²) in [6, 6.07) is 28.7. The highest BCUT2D eigenvalue weighted by Crippen LogP contribution is 2.34. The molecule has 1 N–H and O–H groups in total. The summed E-state index contributed by atoms with van der Waals surface area (Å²) < 4.78 is 0. The fourth-order valence-electron chi connectivity index (χ4n) is 2.93. The Balaban J connectivity index is 1.55. The minimum absolute atomic E-state index is 0.175. The van der Waals surface area contributed by atoms with Crippen LogP contribution >= 0.6 is 23.4 Å². The molecule has 4 rings (SSSR count). The molecule has 29 heavy (non-hydrogen) atoms. The van der Waals surface area contributed by atoms with Crippen LogP contribution in [-0.2, 0) is 0 Å². The first-order valence-corrected chi connectivity index (χ1v) is 10.2. The van der Waals surface area contributed by atoms with Gasteiger partial charge in [-0.05, 0) is 47.5 Å². The molecule has 0 atom stereocenters. The number of amides is 1. The maximum Gasteiger partial charge on any atom is 0.256 e. The van der Waals surface area contributed by atoms with Crippen molar-refractivity contribution in [3.05, 3.63) is 108 Å². The Hall–Kier alpha value is -3.08. The van der Waals surface area contributed by atoms with Crippen molar-refractivity contribution < 1.29 is 4.79 Å². The number of hydrogen-bond acceptors (Lipinski definition) is 3. The number of rotatable bonds is 5. The molecule has 1 aromatic heterocycles. The molecule has 0 fully saturated rings. The number of pyridine rings is 1. The van der Waals surface area contributed by atoms with E-state index >= 15 is 0 Å². The van der Waals surface area contributed by atoms with E-state index in [9.17, 15) is 4.79 Å². The third kappa shape index (κ3) is 4.67. The molecule has 4 aromatic rings. The van der Waals surface area contributed by atoms with Crippen LogP contribution in [0.5, 0.6) is 0 Å². The predicted molar refractivity (Wildman–Crippen MR) is 120 cm³/mol. The van der Waals surface area contributed by atoms with Crippen LogP contribution in [0, 0.1) is 0 Å². The van der Waals surface area contributed by atoms with E-state index in [-0.39, 0.29) is 5.91 Å². The molecule has 3 nitrogen and oxygen atoms in total. The molecule has 1 amide bonds. The highest BCUT2D eigenvalue weighted by molar-refractivity contribution is 7.99. The van der Waals surface area contributed by atoms with E-state index < -0.39 is 0 Å². The Morgan fingerprint density at radius 1 is 0.862 bits per heavy atom. The van der Waals surface area contributed by atoms with Crippen LogP contribution in [-0.4, -0.2) is 10.9 Å². The van der Waals surface area contributed by atoms with Gasteiger partial charge < -0.3 is 5.32 Å². The lowest BCUT2D eigenvalue weighted by Crippen LogP contribution is -2.13. The molecule has 0 bridgehead atoms. The van der Waals surface area contributed by atoms with Crippen molar-refractivity contribution in [2.24, 2.45) is 0 Å². The zero-order valence-electron chi connectivity index (χ0n) is 15.4. The molecule has 0 spiro atoms. The summed E-state index contributed by atoms with van der Waals surface area (Å²) >= 11 is 7.92. The van der Waals surface area contributed by atoms with Gasteiger partial charge in [-0.3, -0.25) is 4.79 Å². The van der Waals surface area contributed by atoms with Crippen molar-refractivity contribution in [2.45, 2.75) is 9.92 Å². The summed E-state index contributed by atoms with van der Waals surface area (Å²) in [5, 5.41) is 4.38. The summed E-state index contributed by atoms with van der Waals surface area (Å²) in [6.07, 6.45) is 1.75.